The average Bonchev–Trinajstić information content (AvgIpc) is 2.50. The van der Waals surface area contributed by atoms with Gasteiger partial charge < -0.3 is 10.6 Å². The maximum atomic E-state index is 12.4. The van der Waals surface area contributed by atoms with Crippen LogP contribution in [0.15, 0.2) is 34.9 Å². The van der Waals surface area contributed by atoms with Gasteiger partial charge in [0.1, 0.15) is 0 Å². The first-order valence-electron chi connectivity index (χ1n) is 7.60. The lowest BCUT2D eigenvalue weighted by Crippen LogP contribution is -2.32. The van der Waals surface area contributed by atoms with Gasteiger partial charge in [-0.05, 0) is 63.3 Å². The minimum atomic E-state index is 0.199. The van der Waals surface area contributed by atoms with Gasteiger partial charge in [0.2, 0.25) is 5.91 Å². The molecule has 0 unspecified atom stereocenters. The topological polar surface area (TPSA) is 46.3 Å². The number of nitrogens with zero attached hydrogens (tertiary/aromatic N) is 1. The summed E-state index contributed by atoms with van der Waals surface area (Å²) in [6.07, 6.45) is 6.80. The zero-order chi connectivity index (χ0) is 15.2. The maximum Gasteiger partial charge on any atom is 0.237 e. The molecule has 0 bridgehead atoms. The lowest BCUT2D eigenvalue weighted by atomic mass is 10.0. The monoisotopic (exact) mass is 304 g/mol. The van der Waals surface area contributed by atoms with Gasteiger partial charge in [-0.15, -0.1) is 11.8 Å². The molecule has 1 amide bonds. The van der Waals surface area contributed by atoms with Crippen molar-refractivity contribution in [1.29, 1.82) is 0 Å². The third-order valence-corrected chi connectivity index (χ3v) is 4.81. The van der Waals surface area contributed by atoms with E-state index >= 15 is 0 Å². The Hall–Kier alpha value is -1.42. The summed E-state index contributed by atoms with van der Waals surface area (Å²) < 4.78 is 0. The van der Waals surface area contributed by atoms with Crippen molar-refractivity contribution in [2.45, 2.75) is 44.4 Å². The summed E-state index contributed by atoms with van der Waals surface area (Å²) in [6.45, 7) is 4.80. The molecule has 4 heteroatoms. The van der Waals surface area contributed by atoms with Crippen LogP contribution in [0.4, 0.5) is 5.69 Å². The number of rotatable bonds is 5. The quantitative estimate of drug-likeness (QED) is 0.661. The van der Waals surface area contributed by atoms with Crippen LogP contribution in [0.1, 0.15) is 38.2 Å². The summed E-state index contributed by atoms with van der Waals surface area (Å²) in [5.74, 6) is 0.680. The van der Waals surface area contributed by atoms with Crippen LogP contribution in [0.3, 0.4) is 0 Å². The number of nitrogens with two attached hydrogens (primary N) is 1. The molecule has 1 aromatic carbocycles. The van der Waals surface area contributed by atoms with Crippen LogP contribution in [0, 0.1) is 6.92 Å². The molecule has 1 aliphatic rings. The van der Waals surface area contributed by atoms with Crippen molar-refractivity contribution in [2.75, 3.05) is 18.0 Å². The molecule has 2 rings (SSSR count). The molecule has 1 aromatic rings. The van der Waals surface area contributed by atoms with Crippen molar-refractivity contribution in [3.8, 4) is 0 Å². The molecule has 0 saturated carbocycles. The van der Waals surface area contributed by atoms with Crippen molar-refractivity contribution in [1.82, 2.24) is 4.90 Å². The van der Waals surface area contributed by atoms with Gasteiger partial charge in [-0.3, -0.25) is 4.79 Å². The molecule has 1 aliphatic carbocycles. The average molecular weight is 304 g/mol. The van der Waals surface area contributed by atoms with Gasteiger partial charge in [0.05, 0.1) is 5.75 Å². The Balaban J connectivity index is 1.96. The number of benzene rings is 1. The smallest absolute Gasteiger partial charge is 0.237 e. The first kappa shape index (κ1) is 16.0. The summed E-state index contributed by atoms with van der Waals surface area (Å²) >= 11 is 1.59. The molecule has 0 radical (unpaired) electrons. The van der Waals surface area contributed by atoms with Gasteiger partial charge in [-0.2, -0.15) is 0 Å². The number of carbonyl (C=O) groups excluding carboxylic acids is 1. The molecule has 2 N–H and O–H groups in total. The van der Waals surface area contributed by atoms with Gasteiger partial charge in [0.15, 0.2) is 0 Å². The lowest BCUT2D eigenvalue weighted by molar-refractivity contribution is -0.126. The van der Waals surface area contributed by atoms with Crippen molar-refractivity contribution in [3.63, 3.8) is 0 Å². The number of nitrogen functional groups attached to an aromatic ring is 1. The Morgan fingerprint density at radius 1 is 1.38 bits per heavy atom. The molecule has 0 spiro atoms. The predicted molar refractivity (Wildman–Crippen MR) is 90.3 cm³/mol. The maximum absolute atomic E-state index is 12.4. The SMILES string of the molecule is CCN(C(=O)CSc1ccc(N)c(C)c1)C1=CCCCC1. The Labute approximate surface area is 131 Å². The van der Waals surface area contributed by atoms with E-state index in [1.165, 1.54) is 18.5 Å². The van der Waals surface area contributed by atoms with Crippen LogP contribution in [0.5, 0.6) is 0 Å². The van der Waals surface area contributed by atoms with E-state index < -0.39 is 0 Å². The molecular formula is C17H24N2OS. The van der Waals surface area contributed by atoms with Crippen LogP contribution in [-0.4, -0.2) is 23.1 Å². The highest BCUT2D eigenvalue weighted by atomic mass is 32.2. The third-order valence-electron chi connectivity index (χ3n) is 3.83. The summed E-state index contributed by atoms with van der Waals surface area (Å²) in [5, 5.41) is 0. The standard InChI is InChI=1S/C17H24N2OS/c1-3-19(14-7-5-4-6-8-14)17(20)12-21-15-9-10-16(18)13(2)11-15/h7,9-11H,3-6,8,12,18H2,1-2H3. The van der Waals surface area contributed by atoms with E-state index in [4.69, 9.17) is 5.73 Å². The van der Waals surface area contributed by atoms with E-state index in [-0.39, 0.29) is 5.91 Å². The van der Waals surface area contributed by atoms with Gasteiger partial charge in [-0.1, -0.05) is 6.08 Å². The van der Waals surface area contributed by atoms with E-state index in [1.807, 2.05) is 36.9 Å². The van der Waals surface area contributed by atoms with E-state index in [0.717, 1.165) is 35.5 Å². The molecular weight excluding hydrogens is 280 g/mol. The summed E-state index contributed by atoms with van der Waals surface area (Å²) in [4.78, 5) is 15.5. The molecule has 0 heterocycles. The molecule has 0 aliphatic heterocycles. The number of thioether (sulfide) groups is 1. The molecule has 114 valence electrons. The van der Waals surface area contributed by atoms with Crippen LogP contribution < -0.4 is 5.73 Å². The highest BCUT2D eigenvalue weighted by Gasteiger charge is 2.17. The molecule has 0 atom stereocenters. The summed E-state index contributed by atoms with van der Waals surface area (Å²) in [5.41, 5.74) is 8.89. The van der Waals surface area contributed by atoms with Crippen molar-refractivity contribution < 1.29 is 4.79 Å². The second kappa shape index (κ2) is 7.55. The molecule has 0 saturated heterocycles. The first-order chi connectivity index (χ1) is 10.1. The number of anilines is 1. The fraction of sp³-hybridized carbons (Fsp3) is 0.471. The largest absolute Gasteiger partial charge is 0.399 e. The number of allylic oxidation sites excluding steroid dienone is 2. The lowest BCUT2D eigenvalue weighted by Gasteiger charge is -2.26. The third kappa shape index (κ3) is 4.27. The van der Waals surface area contributed by atoms with E-state index in [0.29, 0.717) is 5.75 Å². The predicted octanol–water partition coefficient (Wildman–Crippen LogP) is 3.98. The Kier molecular flexibility index (Phi) is 5.74. The highest BCUT2D eigenvalue weighted by molar-refractivity contribution is 8.00. The Bertz CT molecular complexity index is 540. The van der Waals surface area contributed by atoms with Gasteiger partial charge in [0, 0.05) is 22.8 Å². The number of amides is 1. The summed E-state index contributed by atoms with van der Waals surface area (Å²) in [7, 11) is 0. The first-order valence-corrected chi connectivity index (χ1v) is 8.58. The van der Waals surface area contributed by atoms with Crippen LogP contribution in [0.25, 0.3) is 0 Å². The van der Waals surface area contributed by atoms with Crippen molar-refractivity contribution in [3.05, 3.63) is 35.5 Å². The number of hydrogen-bond acceptors (Lipinski definition) is 3. The minimum Gasteiger partial charge on any atom is -0.399 e. The van der Waals surface area contributed by atoms with Gasteiger partial charge in [0.25, 0.3) is 0 Å². The van der Waals surface area contributed by atoms with Crippen LogP contribution >= 0.6 is 11.8 Å². The molecule has 3 nitrogen and oxygen atoms in total. The number of hydrogen-bond donors (Lipinski definition) is 1. The highest BCUT2D eigenvalue weighted by Crippen LogP contribution is 2.25. The second-order valence-electron chi connectivity index (χ2n) is 5.39. The molecule has 21 heavy (non-hydrogen) atoms. The van der Waals surface area contributed by atoms with Gasteiger partial charge in [-0.25, -0.2) is 0 Å². The second-order valence-corrected chi connectivity index (χ2v) is 6.44. The fourth-order valence-corrected chi connectivity index (χ4v) is 3.44. The molecule has 0 fully saturated rings. The summed E-state index contributed by atoms with van der Waals surface area (Å²) in [6, 6.07) is 5.93. The van der Waals surface area contributed by atoms with Crippen LogP contribution in [0.2, 0.25) is 0 Å². The normalized spacial score (nSPS) is 14.7. The van der Waals surface area contributed by atoms with Gasteiger partial charge >= 0.3 is 0 Å². The van der Waals surface area contributed by atoms with Crippen molar-refractivity contribution in [2.24, 2.45) is 0 Å². The molecule has 0 aromatic heterocycles. The van der Waals surface area contributed by atoms with Crippen molar-refractivity contribution >= 4 is 23.4 Å². The zero-order valence-corrected chi connectivity index (χ0v) is 13.7. The minimum absolute atomic E-state index is 0.199. The van der Waals surface area contributed by atoms with E-state index in [9.17, 15) is 4.79 Å². The fourth-order valence-electron chi connectivity index (χ4n) is 2.57. The zero-order valence-electron chi connectivity index (χ0n) is 12.9. The van der Waals surface area contributed by atoms with E-state index in [2.05, 4.69) is 6.08 Å². The number of aryl methyl sites for hydroxylation is 1. The Morgan fingerprint density at radius 2 is 2.19 bits per heavy atom. The van der Waals surface area contributed by atoms with E-state index in [1.54, 1.807) is 11.8 Å². The Morgan fingerprint density at radius 3 is 2.81 bits per heavy atom. The van der Waals surface area contributed by atoms with Crippen LogP contribution in [-0.2, 0) is 4.79 Å². The number of carbonyl (C=O) groups is 1.